The van der Waals surface area contributed by atoms with Gasteiger partial charge in [0.05, 0.1) is 30.5 Å². The van der Waals surface area contributed by atoms with Crippen molar-refractivity contribution in [1.29, 1.82) is 0 Å². The Hall–Kier alpha value is -2.60. The molecule has 1 aromatic carbocycles. The van der Waals surface area contributed by atoms with Crippen molar-refractivity contribution in [3.8, 4) is 0 Å². The Morgan fingerprint density at radius 2 is 2.16 bits per heavy atom. The standard InChI is InChI=1S/C19H20N2O4/c1-11-6-15(25-21-11)8-14-9-23-10-17(14)20-19(22)16-5-3-4-13-7-12(2)24-18(13)16/h3-7,14,17H,8-10H2,1-2H3,(H,20,22)/t14-,17+/m1/s1. The molecule has 1 N–H and O–H groups in total. The predicted molar refractivity (Wildman–Crippen MR) is 91.5 cm³/mol. The molecule has 0 saturated carbocycles. The molecule has 130 valence electrons. The summed E-state index contributed by atoms with van der Waals surface area (Å²) in [6, 6.07) is 9.38. The van der Waals surface area contributed by atoms with E-state index in [0.29, 0.717) is 30.8 Å². The molecule has 0 bridgehead atoms. The van der Waals surface area contributed by atoms with E-state index in [1.807, 2.05) is 38.1 Å². The molecule has 1 fully saturated rings. The number of furan rings is 1. The number of hydrogen-bond donors (Lipinski definition) is 1. The highest BCUT2D eigenvalue weighted by molar-refractivity contribution is 6.05. The third-order valence-corrected chi connectivity index (χ3v) is 4.57. The van der Waals surface area contributed by atoms with Gasteiger partial charge in [-0.1, -0.05) is 17.3 Å². The fourth-order valence-electron chi connectivity index (χ4n) is 3.35. The number of nitrogens with one attached hydrogen (secondary N) is 1. The van der Waals surface area contributed by atoms with Crippen molar-refractivity contribution >= 4 is 16.9 Å². The molecular weight excluding hydrogens is 320 g/mol. The van der Waals surface area contributed by atoms with Gasteiger partial charge >= 0.3 is 0 Å². The SMILES string of the molecule is Cc1cc(C[C@@H]2COC[C@@H]2NC(=O)c2cccc3cc(C)oc23)on1. The first kappa shape index (κ1) is 15.9. The summed E-state index contributed by atoms with van der Waals surface area (Å²) in [5.41, 5.74) is 2.03. The Balaban J connectivity index is 1.51. The number of ether oxygens (including phenoxy) is 1. The number of hydrogen-bond acceptors (Lipinski definition) is 5. The Labute approximate surface area is 145 Å². The number of benzene rings is 1. The number of fused-ring (bicyclic) bond motifs is 1. The summed E-state index contributed by atoms with van der Waals surface area (Å²) >= 11 is 0. The van der Waals surface area contributed by atoms with Crippen molar-refractivity contribution in [2.45, 2.75) is 26.3 Å². The monoisotopic (exact) mass is 340 g/mol. The zero-order valence-electron chi connectivity index (χ0n) is 14.2. The van der Waals surface area contributed by atoms with Crippen LogP contribution in [-0.2, 0) is 11.2 Å². The number of aromatic nitrogens is 1. The minimum atomic E-state index is -0.144. The van der Waals surface area contributed by atoms with Crippen molar-refractivity contribution in [2.24, 2.45) is 5.92 Å². The molecule has 2 atom stereocenters. The van der Waals surface area contributed by atoms with E-state index in [4.69, 9.17) is 13.7 Å². The molecule has 1 amide bonds. The lowest BCUT2D eigenvalue weighted by atomic mass is 9.97. The van der Waals surface area contributed by atoms with Crippen molar-refractivity contribution in [2.75, 3.05) is 13.2 Å². The molecule has 1 aliphatic heterocycles. The van der Waals surface area contributed by atoms with Crippen LogP contribution in [-0.4, -0.2) is 30.3 Å². The molecule has 1 aliphatic rings. The summed E-state index contributed by atoms with van der Waals surface area (Å²) in [4.78, 5) is 12.8. The van der Waals surface area contributed by atoms with Gasteiger partial charge in [0.2, 0.25) is 0 Å². The molecule has 3 aromatic rings. The molecule has 0 radical (unpaired) electrons. The average molecular weight is 340 g/mol. The fraction of sp³-hybridized carbons (Fsp3) is 0.368. The average Bonchev–Trinajstić information content (AvgIpc) is 3.27. The van der Waals surface area contributed by atoms with Crippen LogP contribution in [0.4, 0.5) is 0 Å². The fourth-order valence-corrected chi connectivity index (χ4v) is 3.35. The molecular formula is C19H20N2O4. The van der Waals surface area contributed by atoms with Crippen molar-refractivity contribution in [3.63, 3.8) is 0 Å². The Kier molecular flexibility index (Phi) is 4.05. The maximum Gasteiger partial charge on any atom is 0.255 e. The van der Waals surface area contributed by atoms with E-state index in [1.54, 1.807) is 6.07 Å². The Bertz CT molecular complexity index is 911. The van der Waals surface area contributed by atoms with Crippen LogP contribution < -0.4 is 5.32 Å². The van der Waals surface area contributed by atoms with Crippen LogP contribution in [0.3, 0.4) is 0 Å². The van der Waals surface area contributed by atoms with Gasteiger partial charge in [0.15, 0.2) is 0 Å². The van der Waals surface area contributed by atoms with Crippen molar-refractivity contribution < 1.29 is 18.5 Å². The lowest BCUT2D eigenvalue weighted by Crippen LogP contribution is -2.40. The number of carbonyl (C=O) groups excluding carboxylic acids is 1. The van der Waals surface area contributed by atoms with Gasteiger partial charge in [-0.15, -0.1) is 0 Å². The Morgan fingerprint density at radius 1 is 1.28 bits per heavy atom. The van der Waals surface area contributed by atoms with Crippen LogP contribution in [0, 0.1) is 19.8 Å². The summed E-state index contributed by atoms with van der Waals surface area (Å²) < 4.78 is 16.6. The summed E-state index contributed by atoms with van der Waals surface area (Å²) in [5, 5.41) is 7.93. The summed E-state index contributed by atoms with van der Waals surface area (Å²) in [7, 11) is 0. The zero-order chi connectivity index (χ0) is 17.4. The molecule has 2 aromatic heterocycles. The van der Waals surface area contributed by atoms with Gasteiger partial charge < -0.3 is 19.0 Å². The van der Waals surface area contributed by atoms with Crippen LogP contribution in [0.25, 0.3) is 11.0 Å². The highest BCUT2D eigenvalue weighted by Gasteiger charge is 2.31. The second kappa shape index (κ2) is 6.37. The summed E-state index contributed by atoms with van der Waals surface area (Å²) in [6.45, 7) is 4.86. The highest BCUT2D eigenvalue weighted by atomic mass is 16.5. The first-order valence-electron chi connectivity index (χ1n) is 8.40. The van der Waals surface area contributed by atoms with Gasteiger partial charge in [0.25, 0.3) is 5.91 Å². The minimum Gasteiger partial charge on any atom is -0.461 e. The van der Waals surface area contributed by atoms with Crippen LogP contribution in [0.2, 0.25) is 0 Å². The van der Waals surface area contributed by atoms with Gasteiger partial charge in [-0.05, 0) is 26.0 Å². The lowest BCUT2D eigenvalue weighted by Gasteiger charge is -2.18. The van der Waals surface area contributed by atoms with E-state index in [2.05, 4.69) is 10.5 Å². The van der Waals surface area contributed by atoms with Crippen LogP contribution in [0.15, 0.2) is 39.3 Å². The summed E-state index contributed by atoms with van der Waals surface area (Å²) in [5.74, 6) is 1.62. The van der Waals surface area contributed by atoms with E-state index in [1.165, 1.54) is 0 Å². The van der Waals surface area contributed by atoms with Gasteiger partial charge in [-0.3, -0.25) is 4.79 Å². The third-order valence-electron chi connectivity index (χ3n) is 4.57. The largest absolute Gasteiger partial charge is 0.461 e. The van der Waals surface area contributed by atoms with Crippen LogP contribution in [0.5, 0.6) is 0 Å². The molecule has 25 heavy (non-hydrogen) atoms. The van der Waals surface area contributed by atoms with E-state index in [9.17, 15) is 4.79 Å². The first-order chi connectivity index (χ1) is 12.1. The van der Waals surface area contributed by atoms with E-state index in [-0.39, 0.29) is 17.9 Å². The predicted octanol–water partition coefficient (Wildman–Crippen LogP) is 3.03. The van der Waals surface area contributed by atoms with Gasteiger partial charge in [0, 0.05) is 23.8 Å². The van der Waals surface area contributed by atoms with Crippen LogP contribution in [0.1, 0.15) is 27.6 Å². The lowest BCUT2D eigenvalue weighted by molar-refractivity contribution is 0.0925. The molecule has 6 heteroatoms. The number of carbonyl (C=O) groups is 1. The Morgan fingerprint density at radius 3 is 2.96 bits per heavy atom. The number of aryl methyl sites for hydroxylation is 2. The van der Waals surface area contributed by atoms with Gasteiger partial charge in [-0.2, -0.15) is 0 Å². The highest BCUT2D eigenvalue weighted by Crippen LogP contribution is 2.24. The topological polar surface area (TPSA) is 77.5 Å². The minimum absolute atomic E-state index is 0.0655. The maximum absolute atomic E-state index is 12.8. The number of rotatable bonds is 4. The van der Waals surface area contributed by atoms with E-state index in [0.717, 1.165) is 22.6 Å². The quantitative estimate of drug-likeness (QED) is 0.790. The summed E-state index contributed by atoms with van der Waals surface area (Å²) in [6.07, 6.45) is 0.690. The van der Waals surface area contributed by atoms with Gasteiger partial charge in [-0.25, -0.2) is 0 Å². The molecule has 0 unspecified atom stereocenters. The van der Waals surface area contributed by atoms with E-state index < -0.39 is 0 Å². The molecule has 4 rings (SSSR count). The van der Waals surface area contributed by atoms with Crippen molar-refractivity contribution in [3.05, 3.63) is 53.1 Å². The van der Waals surface area contributed by atoms with E-state index >= 15 is 0 Å². The first-order valence-corrected chi connectivity index (χ1v) is 8.40. The molecule has 6 nitrogen and oxygen atoms in total. The smallest absolute Gasteiger partial charge is 0.255 e. The third kappa shape index (κ3) is 3.17. The van der Waals surface area contributed by atoms with Crippen molar-refractivity contribution in [1.82, 2.24) is 10.5 Å². The van der Waals surface area contributed by atoms with Gasteiger partial charge in [0.1, 0.15) is 17.1 Å². The number of amides is 1. The van der Waals surface area contributed by atoms with Crippen LogP contribution >= 0.6 is 0 Å². The number of nitrogens with zero attached hydrogens (tertiary/aromatic N) is 1. The molecule has 3 heterocycles. The molecule has 1 saturated heterocycles. The molecule has 0 aliphatic carbocycles. The normalized spacial score (nSPS) is 20.2. The maximum atomic E-state index is 12.8. The molecule has 0 spiro atoms. The number of para-hydroxylation sites is 1. The second-order valence-electron chi connectivity index (χ2n) is 6.60. The zero-order valence-corrected chi connectivity index (χ0v) is 14.2. The second-order valence-corrected chi connectivity index (χ2v) is 6.60.